The van der Waals surface area contributed by atoms with Gasteiger partial charge in [0, 0.05) is 20.6 Å². The van der Waals surface area contributed by atoms with Crippen LogP contribution in [0.25, 0.3) is 0 Å². The quantitative estimate of drug-likeness (QED) is 0.626. The van der Waals surface area contributed by atoms with Gasteiger partial charge in [-0.1, -0.05) is 12.2 Å². The van der Waals surface area contributed by atoms with Crippen molar-refractivity contribution in [3.63, 3.8) is 0 Å². The molecule has 0 aromatic rings. The van der Waals surface area contributed by atoms with E-state index in [2.05, 4.69) is 0 Å². The van der Waals surface area contributed by atoms with E-state index in [4.69, 9.17) is 10.5 Å². The zero-order valence-electron chi connectivity index (χ0n) is 12.6. The highest BCUT2D eigenvalue weighted by Gasteiger charge is 2.31. The Hall–Kier alpha value is -1.63. The maximum absolute atomic E-state index is 12.7. The zero-order valence-corrected chi connectivity index (χ0v) is 12.6. The average Bonchev–Trinajstić information content (AvgIpc) is 2.85. The van der Waals surface area contributed by atoms with E-state index in [0.29, 0.717) is 0 Å². The summed E-state index contributed by atoms with van der Waals surface area (Å²) in [6.45, 7) is 2.15. The van der Waals surface area contributed by atoms with Gasteiger partial charge in [-0.05, 0) is 25.8 Å². The van der Waals surface area contributed by atoms with Crippen LogP contribution in [-0.4, -0.2) is 43.4 Å². The molecule has 0 radical (unpaired) electrons. The van der Waals surface area contributed by atoms with E-state index in [1.807, 2.05) is 24.1 Å². The molecule has 21 heavy (non-hydrogen) atoms. The van der Waals surface area contributed by atoms with Crippen molar-refractivity contribution >= 4 is 0 Å². The van der Waals surface area contributed by atoms with Crippen LogP contribution in [0, 0.1) is 0 Å². The molecule has 0 amide bonds. The first-order valence-corrected chi connectivity index (χ1v) is 6.73. The summed E-state index contributed by atoms with van der Waals surface area (Å²) in [6, 6.07) is 0. The third-order valence-corrected chi connectivity index (χ3v) is 3.08. The fourth-order valence-electron chi connectivity index (χ4n) is 2.11. The summed E-state index contributed by atoms with van der Waals surface area (Å²) in [5.74, 6) is 0.180. The third-order valence-electron chi connectivity index (χ3n) is 3.08. The normalized spacial score (nSPS) is 19.8. The lowest BCUT2D eigenvalue weighted by molar-refractivity contribution is -0.0887. The molecule has 1 heterocycles. The average molecular weight is 305 g/mol. The summed E-state index contributed by atoms with van der Waals surface area (Å²) in [4.78, 5) is 0. The van der Waals surface area contributed by atoms with Gasteiger partial charge in [0.25, 0.3) is 0 Å². The van der Waals surface area contributed by atoms with Gasteiger partial charge >= 0.3 is 6.18 Å². The highest BCUT2D eigenvalue weighted by atomic mass is 19.4. The molecule has 0 bridgehead atoms. The third kappa shape index (κ3) is 5.00. The Labute approximate surface area is 123 Å². The van der Waals surface area contributed by atoms with Gasteiger partial charge in [-0.2, -0.15) is 13.2 Å². The molecular formula is C14H22F3N3O. The number of ether oxygens (including phenoxy) is 1. The van der Waals surface area contributed by atoms with Crippen LogP contribution >= 0.6 is 0 Å². The monoisotopic (exact) mass is 305 g/mol. The van der Waals surface area contributed by atoms with Crippen molar-refractivity contribution in [2.45, 2.75) is 25.9 Å². The fraction of sp³-hybridized carbons (Fsp3) is 0.571. The minimum atomic E-state index is -4.39. The molecule has 0 spiro atoms. The van der Waals surface area contributed by atoms with Gasteiger partial charge in [0.2, 0.25) is 5.88 Å². The van der Waals surface area contributed by atoms with Crippen LogP contribution in [0.5, 0.6) is 0 Å². The molecule has 1 saturated heterocycles. The maximum atomic E-state index is 12.7. The SMILES string of the molecule is C/C=C\C(=C/CO/C(N)=C1\CCCN1N(C)C)C(F)(F)F. The second kappa shape index (κ2) is 7.40. The smallest absolute Gasteiger partial charge is 0.416 e. The Morgan fingerprint density at radius 1 is 1.43 bits per heavy atom. The summed E-state index contributed by atoms with van der Waals surface area (Å²) in [6.07, 6.45) is 0.651. The Morgan fingerprint density at radius 3 is 2.62 bits per heavy atom. The summed E-state index contributed by atoms with van der Waals surface area (Å²) < 4.78 is 43.3. The van der Waals surface area contributed by atoms with Gasteiger partial charge in [0.15, 0.2) is 0 Å². The molecule has 1 aliphatic rings. The van der Waals surface area contributed by atoms with E-state index < -0.39 is 11.7 Å². The number of halogens is 3. The van der Waals surface area contributed by atoms with Crippen molar-refractivity contribution in [2.24, 2.45) is 5.73 Å². The number of nitrogens with zero attached hydrogens (tertiary/aromatic N) is 2. The number of nitrogens with two attached hydrogens (primary N) is 1. The van der Waals surface area contributed by atoms with E-state index in [-0.39, 0.29) is 12.5 Å². The number of hydrogen-bond acceptors (Lipinski definition) is 4. The van der Waals surface area contributed by atoms with Crippen molar-refractivity contribution in [1.82, 2.24) is 10.0 Å². The molecule has 0 aliphatic carbocycles. The summed E-state index contributed by atoms with van der Waals surface area (Å²) in [5, 5.41) is 3.84. The summed E-state index contributed by atoms with van der Waals surface area (Å²) in [5.41, 5.74) is 5.91. The van der Waals surface area contributed by atoms with Crippen LogP contribution in [0.15, 0.2) is 35.4 Å². The van der Waals surface area contributed by atoms with E-state index >= 15 is 0 Å². The maximum Gasteiger partial charge on any atom is 0.416 e. The largest absolute Gasteiger partial charge is 0.474 e. The van der Waals surface area contributed by atoms with Gasteiger partial charge in [-0.3, -0.25) is 0 Å². The molecule has 2 N–H and O–H groups in total. The van der Waals surface area contributed by atoms with Crippen LogP contribution in [0.4, 0.5) is 13.2 Å². The highest BCUT2D eigenvalue weighted by molar-refractivity contribution is 5.23. The minimum Gasteiger partial charge on any atom is -0.474 e. The number of hydrazine groups is 1. The van der Waals surface area contributed by atoms with E-state index in [1.165, 1.54) is 13.0 Å². The summed E-state index contributed by atoms with van der Waals surface area (Å²) in [7, 11) is 3.76. The van der Waals surface area contributed by atoms with Crippen molar-refractivity contribution in [3.8, 4) is 0 Å². The number of alkyl halides is 3. The Morgan fingerprint density at radius 2 is 2.10 bits per heavy atom. The lowest BCUT2D eigenvalue weighted by Gasteiger charge is -2.27. The van der Waals surface area contributed by atoms with Gasteiger partial charge < -0.3 is 15.5 Å². The van der Waals surface area contributed by atoms with Crippen molar-refractivity contribution in [2.75, 3.05) is 27.2 Å². The molecule has 4 nitrogen and oxygen atoms in total. The van der Waals surface area contributed by atoms with Crippen molar-refractivity contribution < 1.29 is 17.9 Å². The lowest BCUT2D eigenvalue weighted by atomic mass is 10.2. The summed E-state index contributed by atoms with van der Waals surface area (Å²) >= 11 is 0. The first-order valence-electron chi connectivity index (χ1n) is 6.73. The van der Waals surface area contributed by atoms with Crippen molar-refractivity contribution in [1.29, 1.82) is 0 Å². The zero-order chi connectivity index (χ0) is 16.0. The van der Waals surface area contributed by atoms with Crippen LogP contribution < -0.4 is 5.73 Å². The molecule has 0 aromatic heterocycles. The van der Waals surface area contributed by atoms with Crippen LogP contribution in [-0.2, 0) is 4.74 Å². The molecule has 0 saturated carbocycles. The molecule has 0 aromatic carbocycles. The second-order valence-corrected chi connectivity index (χ2v) is 4.85. The molecule has 1 fully saturated rings. The Balaban J connectivity index is 2.73. The number of rotatable bonds is 5. The number of allylic oxidation sites excluding steroid dienone is 4. The van der Waals surface area contributed by atoms with Crippen LogP contribution in [0.1, 0.15) is 19.8 Å². The molecule has 1 rings (SSSR count). The van der Waals surface area contributed by atoms with Crippen LogP contribution in [0.2, 0.25) is 0 Å². The molecule has 0 atom stereocenters. The Kier molecular flexibility index (Phi) is 6.14. The topological polar surface area (TPSA) is 41.7 Å². The van der Waals surface area contributed by atoms with Crippen LogP contribution in [0.3, 0.4) is 0 Å². The van der Waals surface area contributed by atoms with E-state index in [9.17, 15) is 13.2 Å². The fourth-order valence-corrected chi connectivity index (χ4v) is 2.11. The molecular weight excluding hydrogens is 283 g/mol. The predicted molar refractivity (Wildman–Crippen MR) is 75.7 cm³/mol. The molecule has 7 heteroatoms. The molecule has 0 unspecified atom stereocenters. The van der Waals surface area contributed by atoms with E-state index in [0.717, 1.165) is 37.2 Å². The minimum absolute atomic E-state index is 0.180. The van der Waals surface area contributed by atoms with Gasteiger partial charge in [0.05, 0.1) is 11.3 Å². The first-order chi connectivity index (χ1) is 9.77. The first kappa shape index (κ1) is 17.4. The van der Waals surface area contributed by atoms with E-state index in [1.54, 1.807) is 0 Å². The van der Waals surface area contributed by atoms with Gasteiger partial charge in [0.1, 0.15) is 6.61 Å². The number of hydrogen-bond donors (Lipinski definition) is 1. The second-order valence-electron chi connectivity index (χ2n) is 4.85. The van der Waals surface area contributed by atoms with Gasteiger partial charge in [-0.25, -0.2) is 5.01 Å². The van der Waals surface area contributed by atoms with Gasteiger partial charge in [-0.15, -0.1) is 0 Å². The lowest BCUT2D eigenvalue weighted by Crippen LogP contribution is -2.34. The molecule has 1 aliphatic heterocycles. The highest BCUT2D eigenvalue weighted by Crippen LogP contribution is 2.27. The molecule has 120 valence electrons. The van der Waals surface area contributed by atoms with Crippen molar-refractivity contribution in [3.05, 3.63) is 35.4 Å². The Bertz CT molecular complexity index is 439. The standard InChI is InChI=1S/C14H22F3N3O/c1-4-6-11(14(15,16)17)8-10-21-13(18)12-7-5-9-20(12)19(2)3/h4,6,8H,5,7,9-10,18H2,1-3H3/b6-4-,11-8+,13-12+. The predicted octanol–water partition coefficient (Wildman–Crippen LogP) is 2.77.